The van der Waals surface area contributed by atoms with Gasteiger partial charge in [-0.05, 0) is 151 Å². The molecule has 0 radical (unpaired) electrons. The number of esters is 2. The van der Waals surface area contributed by atoms with E-state index in [2.05, 4.69) is 0 Å². The smallest absolute Gasteiger partial charge is 0.389 e. The molecule has 0 heterocycles. The second kappa shape index (κ2) is 22.6. The van der Waals surface area contributed by atoms with Crippen molar-refractivity contribution in [2.24, 2.45) is 0 Å². The number of carbonyl (C=O) groups excluding carboxylic acids is 4. The van der Waals surface area contributed by atoms with Crippen molar-refractivity contribution in [3.05, 3.63) is 178 Å². The fourth-order valence-corrected chi connectivity index (χ4v) is 6.71. The Morgan fingerprint density at radius 1 is 0.522 bits per heavy atom. The van der Waals surface area contributed by atoms with Crippen LogP contribution in [0.5, 0.6) is 23.0 Å². The normalized spacial score (nSPS) is 11.7. The molecule has 16 heteroatoms. The molecule has 0 aliphatic rings. The number of alkyl halides is 6. The number of benzene rings is 6. The van der Waals surface area contributed by atoms with Gasteiger partial charge >= 0.3 is 24.3 Å². The summed E-state index contributed by atoms with van der Waals surface area (Å²) in [7, 11) is 0. The molecular formula is C53H44F6N2O8. The van der Waals surface area contributed by atoms with Crippen molar-refractivity contribution in [3.8, 4) is 34.1 Å². The van der Waals surface area contributed by atoms with Crippen LogP contribution in [-0.4, -0.2) is 49.1 Å². The first-order chi connectivity index (χ1) is 32.8. The molecule has 0 fully saturated rings. The van der Waals surface area contributed by atoms with Crippen molar-refractivity contribution in [3.63, 3.8) is 0 Å². The zero-order chi connectivity index (χ0) is 49.7. The van der Waals surface area contributed by atoms with Crippen LogP contribution in [0.2, 0.25) is 0 Å². The molecule has 0 amide bonds. The summed E-state index contributed by atoms with van der Waals surface area (Å²) in [6.45, 7) is 1.44. The van der Waals surface area contributed by atoms with E-state index in [9.17, 15) is 45.5 Å². The lowest BCUT2D eigenvalue weighted by Gasteiger charge is -2.16. The fourth-order valence-electron chi connectivity index (χ4n) is 6.71. The average molecular weight is 951 g/mol. The number of nitrogen functional groups attached to an aromatic ring is 2. The molecule has 6 aromatic rings. The van der Waals surface area contributed by atoms with Crippen LogP contribution < -0.4 is 30.4 Å². The topological polar surface area (TPSA) is 157 Å². The Morgan fingerprint density at radius 2 is 0.942 bits per heavy atom. The molecular weight excluding hydrogens is 907 g/mol. The van der Waals surface area contributed by atoms with Gasteiger partial charge in [0.1, 0.15) is 23.0 Å². The van der Waals surface area contributed by atoms with Gasteiger partial charge in [-0.1, -0.05) is 48.6 Å². The summed E-state index contributed by atoms with van der Waals surface area (Å²) >= 11 is 0. The maximum absolute atomic E-state index is 14.0. The van der Waals surface area contributed by atoms with Crippen LogP contribution in [0.25, 0.3) is 23.3 Å². The van der Waals surface area contributed by atoms with Gasteiger partial charge in [0.2, 0.25) is 0 Å². The van der Waals surface area contributed by atoms with E-state index in [1.54, 1.807) is 79.7 Å². The highest BCUT2D eigenvalue weighted by molar-refractivity contribution is 6.16. The van der Waals surface area contributed by atoms with E-state index in [-0.39, 0.29) is 59.8 Å². The lowest BCUT2D eigenvalue weighted by molar-refractivity contribution is -0.137. The Labute approximate surface area is 392 Å². The second-order valence-corrected chi connectivity index (χ2v) is 15.5. The number of ether oxygens (including phenoxy) is 4. The van der Waals surface area contributed by atoms with Crippen LogP contribution >= 0.6 is 0 Å². The maximum Gasteiger partial charge on any atom is 0.389 e. The standard InChI is InChI=1S/C53H44F6N2O8/c1-33-46(61)25-24-44(49(33)48(63)27-9-35-6-17-42(18-7-35)69-51(65)37-12-21-40(22-13-37)67-31-3-29-53(57,58)59)43-23-14-38(60)32-45(43)47(62)26-8-34-4-15-41(16-5-34)68-50(64)36-10-19-39(20-11-36)66-30-2-28-52(54,55)56/h4-27,32H,2-3,28-31,60-61H2,1H3. The second-order valence-electron chi connectivity index (χ2n) is 15.5. The number of rotatable bonds is 19. The van der Waals surface area contributed by atoms with Crippen molar-refractivity contribution in [2.75, 3.05) is 24.7 Å². The molecule has 0 unspecified atom stereocenters. The lowest BCUT2D eigenvalue weighted by atomic mass is 9.88. The molecule has 0 aliphatic heterocycles. The first-order valence-electron chi connectivity index (χ1n) is 21.3. The van der Waals surface area contributed by atoms with Crippen molar-refractivity contribution < 1.29 is 64.5 Å². The number of hydrogen-bond acceptors (Lipinski definition) is 10. The Hall–Kier alpha value is -8.14. The molecule has 356 valence electrons. The number of carbonyl (C=O) groups is 4. The van der Waals surface area contributed by atoms with Crippen LogP contribution in [0.1, 0.15) is 83.8 Å². The quantitative estimate of drug-likeness (QED) is 0.0152. The minimum atomic E-state index is -4.26. The van der Waals surface area contributed by atoms with Gasteiger partial charge in [0.15, 0.2) is 11.6 Å². The molecule has 6 aromatic carbocycles. The Kier molecular flexibility index (Phi) is 16.4. The van der Waals surface area contributed by atoms with Crippen molar-refractivity contribution >= 4 is 47.0 Å². The molecule has 10 nitrogen and oxygen atoms in total. The SMILES string of the molecule is Cc1c(N)ccc(-c2ccc(N)cc2C(=O)C=Cc2ccc(OC(=O)c3ccc(OCCCC(F)(F)F)cc3)cc2)c1C(=O)C=Cc1ccc(OC(=O)c2ccc(OCCCC(F)(F)F)cc2)cc1. The van der Waals surface area contributed by atoms with Gasteiger partial charge < -0.3 is 30.4 Å². The van der Waals surface area contributed by atoms with Crippen LogP contribution in [0.4, 0.5) is 37.7 Å². The summed E-state index contributed by atoms with van der Waals surface area (Å²) in [6.07, 6.45) is -5.00. The minimum absolute atomic E-state index is 0.130. The minimum Gasteiger partial charge on any atom is -0.494 e. The zero-order valence-electron chi connectivity index (χ0n) is 36.9. The van der Waals surface area contributed by atoms with Gasteiger partial charge in [0.05, 0.1) is 24.3 Å². The molecule has 0 bridgehead atoms. The number of hydrogen-bond donors (Lipinski definition) is 2. The lowest BCUT2D eigenvalue weighted by Crippen LogP contribution is -2.10. The summed E-state index contributed by atoms with van der Waals surface area (Å²) in [4.78, 5) is 53.3. The Morgan fingerprint density at radius 3 is 1.39 bits per heavy atom. The van der Waals surface area contributed by atoms with Crippen LogP contribution in [0.15, 0.2) is 140 Å². The van der Waals surface area contributed by atoms with Gasteiger partial charge in [-0.25, -0.2) is 9.59 Å². The molecule has 0 aromatic heterocycles. The predicted molar refractivity (Wildman–Crippen MR) is 249 cm³/mol. The third kappa shape index (κ3) is 14.9. The number of halogens is 6. The number of nitrogens with two attached hydrogens (primary N) is 2. The third-order valence-electron chi connectivity index (χ3n) is 10.3. The number of anilines is 2. The molecule has 0 saturated carbocycles. The first kappa shape index (κ1) is 50.3. The molecule has 69 heavy (non-hydrogen) atoms. The number of allylic oxidation sites excluding steroid dienone is 2. The summed E-state index contributed by atoms with van der Waals surface area (Å²) in [5.41, 5.74) is 16.5. The predicted octanol–water partition coefficient (Wildman–Crippen LogP) is 12.5. The third-order valence-corrected chi connectivity index (χ3v) is 10.3. The van der Waals surface area contributed by atoms with Gasteiger partial charge in [0, 0.05) is 35.3 Å². The van der Waals surface area contributed by atoms with Gasteiger partial charge in [0.25, 0.3) is 0 Å². The van der Waals surface area contributed by atoms with E-state index in [1.807, 2.05) is 0 Å². The Bertz CT molecular complexity index is 2840. The monoisotopic (exact) mass is 950 g/mol. The average Bonchev–Trinajstić information content (AvgIpc) is 3.31. The van der Waals surface area contributed by atoms with Crippen molar-refractivity contribution in [1.82, 2.24) is 0 Å². The van der Waals surface area contributed by atoms with Gasteiger partial charge in [-0.3, -0.25) is 9.59 Å². The van der Waals surface area contributed by atoms with Crippen LogP contribution in [0, 0.1) is 6.92 Å². The highest BCUT2D eigenvalue weighted by atomic mass is 19.4. The number of ketones is 2. The molecule has 0 atom stereocenters. The highest BCUT2D eigenvalue weighted by Crippen LogP contribution is 2.34. The van der Waals surface area contributed by atoms with Gasteiger partial charge in [-0.2, -0.15) is 26.3 Å². The summed E-state index contributed by atoms with van der Waals surface area (Å²) in [6, 6.07) is 32.4. The van der Waals surface area contributed by atoms with E-state index >= 15 is 0 Å². The molecule has 0 spiro atoms. The van der Waals surface area contributed by atoms with Crippen LogP contribution in [0.3, 0.4) is 0 Å². The van der Waals surface area contributed by atoms with Gasteiger partial charge in [-0.15, -0.1) is 0 Å². The summed E-state index contributed by atoms with van der Waals surface area (Å²) < 4.78 is 95.8. The van der Waals surface area contributed by atoms with E-state index in [0.29, 0.717) is 50.7 Å². The maximum atomic E-state index is 14.0. The van der Waals surface area contributed by atoms with Crippen LogP contribution in [-0.2, 0) is 0 Å². The fraction of sp³-hybridized carbons (Fsp3) is 0.170. The largest absolute Gasteiger partial charge is 0.494 e. The molecule has 4 N–H and O–H groups in total. The van der Waals surface area contributed by atoms with E-state index in [0.717, 1.165) is 0 Å². The summed E-state index contributed by atoms with van der Waals surface area (Å²) in [5, 5.41) is 0. The molecule has 0 saturated heterocycles. The summed E-state index contributed by atoms with van der Waals surface area (Å²) in [5.74, 6) is -1.12. The van der Waals surface area contributed by atoms with Crippen molar-refractivity contribution in [2.45, 2.75) is 45.0 Å². The molecule has 0 aliphatic carbocycles. The highest BCUT2D eigenvalue weighted by Gasteiger charge is 2.27. The van der Waals surface area contributed by atoms with E-state index < -0.39 is 48.7 Å². The van der Waals surface area contributed by atoms with E-state index in [1.165, 1.54) is 78.9 Å². The molecule has 6 rings (SSSR count). The van der Waals surface area contributed by atoms with Crippen molar-refractivity contribution in [1.29, 1.82) is 0 Å². The zero-order valence-corrected chi connectivity index (χ0v) is 36.9. The Balaban J connectivity index is 1.08. The first-order valence-corrected chi connectivity index (χ1v) is 21.3. The van der Waals surface area contributed by atoms with E-state index in [4.69, 9.17) is 30.4 Å².